The minimum absolute atomic E-state index is 0.652. The molecular weight excluding hydrogens is 324 g/mol. The lowest BCUT2D eigenvalue weighted by Crippen LogP contribution is -2.22. The molecule has 2 aliphatic carbocycles. The molecule has 2 aliphatic rings. The number of fused-ring (bicyclic) bond motifs is 15. The van der Waals surface area contributed by atoms with Gasteiger partial charge in [0, 0.05) is 0 Å². The van der Waals surface area contributed by atoms with Gasteiger partial charge in [-0.25, -0.2) is 0 Å². The van der Waals surface area contributed by atoms with Gasteiger partial charge < -0.3 is 0 Å². The molecule has 4 bridgehead atoms. The largest absolute Gasteiger partial charge is 0.0616 e. The number of benzene rings is 4. The van der Waals surface area contributed by atoms with E-state index in [9.17, 15) is 0 Å². The van der Waals surface area contributed by atoms with E-state index in [2.05, 4.69) is 72.8 Å². The van der Waals surface area contributed by atoms with Gasteiger partial charge in [0.05, 0.1) is 0 Å². The van der Waals surface area contributed by atoms with Gasteiger partial charge in [0.1, 0.15) is 0 Å². The van der Waals surface area contributed by atoms with Crippen LogP contribution in [0.25, 0.3) is 21.5 Å². The van der Waals surface area contributed by atoms with Crippen LogP contribution in [0.1, 0.15) is 53.4 Å². The van der Waals surface area contributed by atoms with Crippen LogP contribution in [0.5, 0.6) is 0 Å². The van der Waals surface area contributed by atoms with Crippen molar-refractivity contribution in [3.63, 3.8) is 0 Å². The van der Waals surface area contributed by atoms with E-state index in [1.807, 2.05) is 0 Å². The van der Waals surface area contributed by atoms with Crippen molar-refractivity contribution in [2.75, 3.05) is 0 Å². The van der Waals surface area contributed by atoms with Crippen LogP contribution >= 0.6 is 0 Å². The molecule has 2 unspecified atom stereocenters. The van der Waals surface area contributed by atoms with Crippen LogP contribution in [-0.2, 0) is 12.8 Å². The van der Waals surface area contributed by atoms with E-state index in [1.54, 1.807) is 11.1 Å². The molecule has 0 saturated heterocycles. The van der Waals surface area contributed by atoms with E-state index >= 15 is 0 Å². The summed E-state index contributed by atoms with van der Waals surface area (Å²) in [7, 11) is 0. The molecule has 0 aliphatic heterocycles. The predicted molar refractivity (Wildman–Crippen MR) is 115 cm³/mol. The van der Waals surface area contributed by atoms with Gasteiger partial charge in [-0.3, -0.25) is 0 Å². The highest BCUT2D eigenvalue weighted by Gasteiger charge is 2.35. The SMILES string of the molecule is c1ccc2c3ccc(c2c1)CCCc1ccc(c2ccccc12)C1CCC31. The normalized spacial score (nSPS) is 21.3. The maximum absolute atomic E-state index is 2.45. The van der Waals surface area contributed by atoms with E-state index in [1.165, 1.54) is 51.9 Å². The van der Waals surface area contributed by atoms with E-state index in [-0.39, 0.29) is 0 Å². The fraction of sp³-hybridized carbons (Fsp3) is 0.259. The summed E-state index contributed by atoms with van der Waals surface area (Å²) < 4.78 is 0. The van der Waals surface area contributed by atoms with Crippen molar-refractivity contribution in [3.05, 3.63) is 95.1 Å². The first-order chi connectivity index (χ1) is 13.4. The summed E-state index contributed by atoms with van der Waals surface area (Å²) in [5.41, 5.74) is 6.17. The third-order valence-electron chi connectivity index (χ3n) is 7.06. The van der Waals surface area contributed by atoms with Crippen LogP contribution in [-0.4, -0.2) is 0 Å². The molecule has 0 heterocycles. The number of hydrogen-bond acceptors (Lipinski definition) is 0. The quantitative estimate of drug-likeness (QED) is 0.317. The molecule has 0 aromatic heterocycles. The van der Waals surface area contributed by atoms with Crippen LogP contribution in [0.3, 0.4) is 0 Å². The Labute approximate surface area is 160 Å². The van der Waals surface area contributed by atoms with Crippen LogP contribution in [0.15, 0.2) is 72.8 Å². The first-order valence-electron chi connectivity index (χ1n) is 10.4. The molecule has 1 fully saturated rings. The Hall–Kier alpha value is -2.60. The lowest BCUT2D eigenvalue weighted by atomic mass is 9.65. The highest BCUT2D eigenvalue weighted by molar-refractivity contribution is 5.91. The Morgan fingerprint density at radius 3 is 1.37 bits per heavy atom. The van der Waals surface area contributed by atoms with Gasteiger partial charge in [-0.15, -0.1) is 0 Å². The maximum Gasteiger partial charge on any atom is -0.00865 e. The molecule has 6 rings (SSSR count). The third kappa shape index (κ3) is 2.29. The van der Waals surface area contributed by atoms with Crippen molar-refractivity contribution >= 4 is 21.5 Å². The lowest BCUT2D eigenvalue weighted by Gasteiger charge is -2.39. The summed E-state index contributed by atoms with van der Waals surface area (Å²) in [5, 5.41) is 5.94. The molecule has 0 spiro atoms. The Morgan fingerprint density at radius 1 is 0.481 bits per heavy atom. The highest BCUT2D eigenvalue weighted by atomic mass is 14.4. The van der Waals surface area contributed by atoms with E-state index in [0.29, 0.717) is 11.8 Å². The fourth-order valence-electron chi connectivity index (χ4n) is 5.57. The zero-order valence-electron chi connectivity index (χ0n) is 15.6. The smallest absolute Gasteiger partial charge is 0.00865 e. The van der Waals surface area contributed by atoms with Gasteiger partial charge in [0.15, 0.2) is 0 Å². The zero-order valence-corrected chi connectivity index (χ0v) is 15.6. The second-order valence-corrected chi connectivity index (χ2v) is 8.36. The Morgan fingerprint density at radius 2 is 0.926 bits per heavy atom. The summed E-state index contributed by atoms with van der Waals surface area (Å²) in [4.78, 5) is 0. The average Bonchev–Trinajstić information content (AvgIpc) is 2.71. The highest BCUT2D eigenvalue weighted by Crippen LogP contribution is 2.52. The Bertz CT molecular complexity index is 1070. The molecule has 4 aromatic carbocycles. The second kappa shape index (κ2) is 5.96. The monoisotopic (exact) mass is 348 g/mol. The summed E-state index contributed by atoms with van der Waals surface area (Å²) >= 11 is 0. The van der Waals surface area contributed by atoms with Crippen molar-refractivity contribution in [2.45, 2.75) is 43.9 Å². The summed E-state index contributed by atoms with van der Waals surface area (Å²) in [6, 6.07) is 27.9. The van der Waals surface area contributed by atoms with E-state index < -0.39 is 0 Å². The topological polar surface area (TPSA) is 0 Å². The van der Waals surface area contributed by atoms with Crippen LogP contribution in [0, 0.1) is 0 Å². The molecule has 0 N–H and O–H groups in total. The van der Waals surface area contributed by atoms with E-state index in [4.69, 9.17) is 0 Å². The zero-order chi connectivity index (χ0) is 17.8. The Balaban J connectivity index is 1.63. The van der Waals surface area contributed by atoms with Gasteiger partial charge in [0.2, 0.25) is 0 Å². The minimum atomic E-state index is 0.652. The standard InChI is InChI=1S/C27H24/c1-3-10-22-20(8-1)18-6-5-7-19-13-15-25(23-11-4-2-9-21(19)23)27-17-16-26(27)24(22)14-12-18/h1-4,8-15,26-27H,5-7,16-17H2. The van der Waals surface area contributed by atoms with Gasteiger partial charge in [-0.1, -0.05) is 72.8 Å². The van der Waals surface area contributed by atoms with Crippen molar-refractivity contribution in [1.82, 2.24) is 0 Å². The molecule has 27 heavy (non-hydrogen) atoms. The molecule has 0 amide bonds. The van der Waals surface area contributed by atoms with Gasteiger partial charge >= 0.3 is 0 Å². The third-order valence-corrected chi connectivity index (χ3v) is 7.06. The first kappa shape index (κ1) is 15.5. The number of rotatable bonds is 0. The molecule has 2 atom stereocenters. The molecule has 0 nitrogen and oxygen atoms in total. The molecule has 0 radical (unpaired) electrons. The lowest BCUT2D eigenvalue weighted by molar-refractivity contribution is 0.350. The second-order valence-electron chi connectivity index (χ2n) is 8.36. The predicted octanol–water partition coefficient (Wildman–Crippen LogP) is 7.14. The molecule has 132 valence electrons. The summed E-state index contributed by atoms with van der Waals surface area (Å²) in [5.74, 6) is 1.30. The van der Waals surface area contributed by atoms with Crippen LogP contribution in [0.2, 0.25) is 0 Å². The van der Waals surface area contributed by atoms with Crippen molar-refractivity contribution in [1.29, 1.82) is 0 Å². The molecule has 1 saturated carbocycles. The minimum Gasteiger partial charge on any atom is -0.0616 e. The number of aryl methyl sites for hydroxylation is 2. The Kier molecular flexibility index (Phi) is 3.41. The molecular formula is C27H24. The molecule has 0 heteroatoms. The van der Waals surface area contributed by atoms with Gasteiger partial charge in [0.25, 0.3) is 0 Å². The summed E-state index contributed by atoms with van der Waals surface area (Å²) in [6.45, 7) is 0. The van der Waals surface area contributed by atoms with Gasteiger partial charge in [-0.2, -0.15) is 0 Å². The van der Waals surface area contributed by atoms with Crippen molar-refractivity contribution < 1.29 is 0 Å². The maximum atomic E-state index is 2.45. The van der Waals surface area contributed by atoms with Crippen LogP contribution in [0.4, 0.5) is 0 Å². The fourth-order valence-corrected chi connectivity index (χ4v) is 5.57. The van der Waals surface area contributed by atoms with Crippen molar-refractivity contribution in [3.8, 4) is 0 Å². The first-order valence-corrected chi connectivity index (χ1v) is 10.4. The van der Waals surface area contributed by atoms with E-state index in [0.717, 1.165) is 12.8 Å². The summed E-state index contributed by atoms with van der Waals surface area (Å²) in [6.07, 6.45) is 6.14. The van der Waals surface area contributed by atoms with Crippen LogP contribution < -0.4 is 0 Å². The van der Waals surface area contributed by atoms with Gasteiger partial charge in [-0.05, 0) is 87.7 Å². The molecule has 4 aromatic rings. The average molecular weight is 348 g/mol. The van der Waals surface area contributed by atoms with Crippen molar-refractivity contribution in [2.24, 2.45) is 0 Å². The number of hydrogen-bond donors (Lipinski definition) is 0.